The molecule has 0 aliphatic heterocycles. The van der Waals surface area contributed by atoms with Crippen LogP contribution in [0.5, 0.6) is 0 Å². The maximum absolute atomic E-state index is 5.34. The molecule has 0 fully saturated rings. The Balaban J connectivity index is 2.74. The van der Waals surface area contributed by atoms with Gasteiger partial charge in [0, 0.05) is 12.5 Å². The van der Waals surface area contributed by atoms with Crippen LogP contribution < -0.4 is 11.5 Å². The first-order valence-corrected chi connectivity index (χ1v) is 3.03. The number of rotatable bonds is 2. The van der Waals surface area contributed by atoms with Gasteiger partial charge in [0.15, 0.2) is 0 Å². The molecular formula is C5H10N4O. The van der Waals surface area contributed by atoms with Gasteiger partial charge in [0.1, 0.15) is 0 Å². The quantitative estimate of drug-likeness (QED) is 0.592. The second-order valence-corrected chi connectivity index (χ2v) is 2.12. The van der Waals surface area contributed by atoms with E-state index in [4.69, 9.17) is 15.9 Å². The van der Waals surface area contributed by atoms with Crippen molar-refractivity contribution in [2.24, 2.45) is 5.73 Å². The minimum atomic E-state index is 0.0878. The zero-order valence-corrected chi connectivity index (χ0v) is 5.74. The van der Waals surface area contributed by atoms with Crippen molar-refractivity contribution in [2.45, 2.75) is 12.8 Å². The number of hydrogen-bond donors (Lipinski definition) is 2. The Morgan fingerprint density at radius 2 is 2.30 bits per heavy atom. The molecule has 0 aliphatic rings. The number of hydrogen-bond acceptors (Lipinski definition) is 5. The van der Waals surface area contributed by atoms with Gasteiger partial charge in [-0.1, -0.05) is 12.0 Å². The highest BCUT2D eigenvalue weighted by atomic mass is 16.4. The molecule has 10 heavy (non-hydrogen) atoms. The average molecular weight is 142 g/mol. The van der Waals surface area contributed by atoms with Crippen molar-refractivity contribution in [3.05, 3.63) is 5.89 Å². The van der Waals surface area contributed by atoms with Gasteiger partial charge in [-0.05, 0) is 0 Å². The van der Waals surface area contributed by atoms with Crippen molar-refractivity contribution in [2.75, 3.05) is 12.3 Å². The normalized spacial score (nSPS) is 13.4. The van der Waals surface area contributed by atoms with Gasteiger partial charge in [0.25, 0.3) is 0 Å². The van der Waals surface area contributed by atoms with Gasteiger partial charge < -0.3 is 15.9 Å². The van der Waals surface area contributed by atoms with E-state index >= 15 is 0 Å². The number of nitrogens with two attached hydrogens (primary N) is 2. The molecule has 1 heterocycles. The Bertz CT molecular complexity index is 209. The molecule has 0 saturated carbocycles. The molecule has 0 saturated heterocycles. The monoisotopic (exact) mass is 142 g/mol. The summed E-state index contributed by atoms with van der Waals surface area (Å²) >= 11 is 0. The predicted octanol–water partition coefficient (Wildman–Crippen LogP) is -0.286. The van der Waals surface area contributed by atoms with Crippen LogP contribution in [0.3, 0.4) is 0 Å². The second kappa shape index (κ2) is 2.66. The van der Waals surface area contributed by atoms with Crippen LogP contribution in [0.25, 0.3) is 0 Å². The van der Waals surface area contributed by atoms with Gasteiger partial charge in [0.2, 0.25) is 5.89 Å². The number of nitrogens with zero attached hydrogens (tertiary/aromatic N) is 2. The second-order valence-electron chi connectivity index (χ2n) is 2.12. The zero-order valence-electron chi connectivity index (χ0n) is 5.74. The molecule has 5 nitrogen and oxygen atoms in total. The molecule has 0 spiro atoms. The lowest BCUT2D eigenvalue weighted by molar-refractivity contribution is 0.474. The van der Waals surface area contributed by atoms with Crippen molar-refractivity contribution >= 4 is 6.01 Å². The van der Waals surface area contributed by atoms with Crippen LogP contribution in [0.1, 0.15) is 18.7 Å². The highest BCUT2D eigenvalue weighted by Gasteiger charge is 2.09. The average Bonchev–Trinajstić information content (AvgIpc) is 2.34. The summed E-state index contributed by atoms with van der Waals surface area (Å²) in [7, 11) is 0. The molecule has 1 atom stereocenters. The molecule has 1 aromatic heterocycles. The van der Waals surface area contributed by atoms with Crippen LogP contribution in [0.15, 0.2) is 4.42 Å². The highest BCUT2D eigenvalue weighted by Crippen LogP contribution is 2.11. The van der Waals surface area contributed by atoms with Gasteiger partial charge >= 0.3 is 6.01 Å². The van der Waals surface area contributed by atoms with Gasteiger partial charge in [-0.25, -0.2) is 0 Å². The molecule has 0 radical (unpaired) electrons. The summed E-state index contributed by atoms with van der Waals surface area (Å²) in [5.74, 6) is 0.588. The van der Waals surface area contributed by atoms with Crippen molar-refractivity contribution in [1.29, 1.82) is 0 Å². The molecule has 5 heteroatoms. The first-order chi connectivity index (χ1) is 4.74. The van der Waals surface area contributed by atoms with Crippen molar-refractivity contribution < 1.29 is 4.42 Å². The van der Waals surface area contributed by atoms with Crippen LogP contribution in [0.4, 0.5) is 6.01 Å². The molecule has 1 unspecified atom stereocenters. The maximum Gasteiger partial charge on any atom is 0.312 e. The fourth-order valence-electron chi connectivity index (χ4n) is 0.546. The molecule has 0 aliphatic carbocycles. The van der Waals surface area contributed by atoms with E-state index in [2.05, 4.69) is 10.2 Å². The summed E-state index contributed by atoms with van der Waals surface area (Å²) in [5, 5.41) is 7.16. The Morgan fingerprint density at radius 3 is 2.70 bits per heavy atom. The molecule has 0 bridgehead atoms. The van der Waals surface area contributed by atoms with Gasteiger partial charge in [0.05, 0.1) is 0 Å². The Hall–Kier alpha value is -1.10. The number of nitrogen functional groups attached to an aromatic ring is 1. The lowest BCUT2D eigenvalue weighted by Crippen LogP contribution is -2.08. The minimum absolute atomic E-state index is 0.0878. The molecule has 1 rings (SSSR count). The molecule has 0 amide bonds. The van der Waals surface area contributed by atoms with E-state index in [1.54, 1.807) is 0 Å². The fraction of sp³-hybridized carbons (Fsp3) is 0.600. The lowest BCUT2D eigenvalue weighted by Gasteiger charge is -1.98. The first-order valence-electron chi connectivity index (χ1n) is 3.03. The fourth-order valence-corrected chi connectivity index (χ4v) is 0.546. The largest absolute Gasteiger partial charge is 0.408 e. The van der Waals surface area contributed by atoms with Crippen molar-refractivity contribution in [3.63, 3.8) is 0 Å². The van der Waals surface area contributed by atoms with Gasteiger partial charge in [-0.3, -0.25) is 0 Å². The molecule has 1 aromatic rings. The van der Waals surface area contributed by atoms with E-state index in [1.807, 2.05) is 6.92 Å². The minimum Gasteiger partial charge on any atom is -0.408 e. The standard InChI is InChI=1S/C5H10N4O/c1-3(2-6)4-8-9-5(7)10-4/h3H,2,6H2,1H3,(H2,7,9). The van der Waals surface area contributed by atoms with Crippen LogP contribution in [-0.2, 0) is 0 Å². The third-order valence-electron chi connectivity index (χ3n) is 1.23. The van der Waals surface area contributed by atoms with E-state index in [0.29, 0.717) is 12.4 Å². The van der Waals surface area contributed by atoms with Crippen LogP contribution in [0.2, 0.25) is 0 Å². The van der Waals surface area contributed by atoms with Crippen molar-refractivity contribution in [3.8, 4) is 0 Å². The number of anilines is 1. The Kier molecular flexibility index (Phi) is 1.86. The molecule has 4 N–H and O–H groups in total. The zero-order chi connectivity index (χ0) is 7.56. The van der Waals surface area contributed by atoms with Crippen LogP contribution in [-0.4, -0.2) is 16.7 Å². The smallest absolute Gasteiger partial charge is 0.312 e. The van der Waals surface area contributed by atoms with E-state index in [1.165, 1.54) is 0 Å². The number of aromatic nitrogens is 2. The van der Waals surface area contributed by atoms with E-state index in [0.717, 1.165) is 0 Å². The van der Waals surface area contributed by atoms with Gasteiger partial charge in [-0.15, -0.1) is 5.10 Å². The third kappa shape index (κ3) is 1.24. The summed E-state index contributed by atoms with van der Waals surface area (Å²) < 4.78 is 4.91. The predicted molar refractivity (Wildman–Crippen MR) is 36.2 cm³/mol. The summed E-state index contributed by atoms with van der Waals surface area (Å²) in [6.07, 6.45) is 0. The summed E-state index contributed by atoms with van der Waals surface area (Å²) in [6, 6.07) is 0.0929. The van der Waals surface area contributed by atoms with E-state index in [-0.39, 0.29) is 11.9 Å². The molecule has 56 valence electrons. The van der Waals surface area contributed by atoms with Crippen LogP contribution in [0, 0.1) is 0 Å². The third-order valence-corrected chi connectivity index (χ3v) is 1.23. The topological polar surface area (TPSA) is 91.0 Å². The molecular weight excluding hydrogens is 132 g/mol. The highest BCUT2D eigenvalue weighted by molar-refractivity contribution is 5.06. The van der Waals surface area contributed by atoms with Crippen molar-refractivity contribution in [1.82, 2.24) is 10.2 Å². The summed E-state index contributed by atoms with van der Waals surface area (Å²) in [4.78, 5) is 0. The molecule has 0 aromatic carbocycles. The summed E-state index contributed by atoms with van der Waals surface area (Å²) in [6.45, 7) is 2.38. The SMILES string of the molecule is CC(CN)c1nnc(N)o1. The lowest BCUT2D eigenvalue weighted by atomic mass is 10.2. The van der Waals surface area contributed by atoms with Crippen LogP contribution >= 0.6 is 0 Å². The first kappa shape index (κ1) is 7.01. The van der Waals surface area contributed by atoms with E-state index < -0.39 is 0 Å². The summed E-state index contributed by atoms with van der Waals surface area (Å²) in [5.41, 5.74) is 10.5. The maximum atomic E-state index is 5.34. The van der Waals surface area contributed by atoms with Gasteiger partial charge in [-0.2, -0.15) is 0 Å². The Labute approximate surface area is 58.4 Å². The van der Waals surface area contributed by atoms with E-state index in [9.17, 15) is 0 Å². The Morgan fingerprint density at radius 1 is 1.60 bits per heavy atom.